The fraction of sp³-hybridized carbons (Fsp3) is 0.389. The lowest BCUT2D eigenvalue weighted by Gasteiger charge is -2.09. The summed E-state index contributed by atoms with van der Waals surface area (Å²) in [6, 6.07) is 2.07. The van der Waals surface area contributed by atoms with Crippen LogP contribution >= 0.6 is 0 Å². The van der Waals surface area contributed by atoms with Crippen LogP contribution in [-0.2, 0) is 11.3 Å². The van der Waals surface area contributed by atoms with E-state index in [1.807, 2.05) is 10.6 Å². The largest absolute Gasteiger partial charge is 0.487 e. The SMILES string of the molecule is COCCOc1cc(C2CC2)cn2cc(Cn3cc(C(=O)O)cn3)nc12. The number of methoxy groups -OCH3 is 1. The Bertz CT molecular complexity index is 942. The molecule has 1 N–H and O–H groups in total. The number of ether oxygens (including phenoxy) is 2. The Morgan fingerprint density at radius 2 is 2.15 bits per heavy atom. The van der Waals surface area contributed by atoms with Gasteiger partial charge in [0.05, 0.1) is 30.6 Å². The Balaban J connectivity index is 1.63. The van der Waals surface area contributed by atoms with Gasteiger partial charge in [0, 0.05) is 25.7 Å². The molecule has 1 saturated carbocycles. The lowest BCUT2D eigenvalue weighted by atomic mass is 10.2. The number of aromatic carboxylic acids is 1. The van der Waals surface area contributed by atoms with E-state index in [9.17, 15) is 4.79 Å². The lowest BCUT2D eigenvalue weighted by molar-refractivity contribution is 0.0696. The molecule has 1 aliphatic rings. The van der Waals surface area contributed by atoms with Crippen LogP contribution in [0.2, 0.25) is 0 Å². The number of aromatic nitrogens is 4. The summed E-state index contributed by atoms with van der Waals surface area (Å²) in [5.74, 6) is 0.345. The summed E-state index contributed by atoms with van der Waals surface area (Å²) in [4.78, 5) is 15.6. The van der Waals surface area contributed by atoms with Crippen LogP contribution in [0.5, 0.6) is 5.75 Å². The first-order valence-electron chi connectivity index (χ1n) is 8.53. The van der Waals surface area contributed by atoms with Gasteiger partial charge in [-0.3, -0.25) is 4.68 Å². The van der Waals surface area contributed by atoms with Crippen LogP contribution in [0.4, 0.5) is 0 Å². The van der Waals surface area contributed by atoms with Crippen molar-refractivity contribution in [2.75, 3.05) is 20.3 Å². The molecule has 0 amide bonds. The van der Waals surface area contributed by atoms with E-state index < -0.39 is 5.97 Å². The summed E-state index contributed by atoms with van der Waals surface area (Å²) in [6.07, 6.45) is 9.28. The highest BCUT2D eigenvalue weighted by molar-refractivity contribution is 5.86. The number of nitrogens with zero attached hydrogens (tertiary/aromatic N) is 4. The molecule has 4 rings (SSSR count). The van der Waals surface area contributed by atoms with E-state index in [0.717, 1.165) is 17.1 Å². The van der Waals surface area contributed by atoms with E-state index in [0.29, 0.717) is 25.7 Å². The molecule has 136 valence electrons. The van der Waals surface area contributed by atoms with Crippen molar-refractivity contribution < 1.29 is 19.4 Å². The van der Waals surface area contributed by atoms with Gasteiger partial charge in [0.25, 0.3) is 0 Å². The summed E-state index contributed by atoms with van der Waals surface area (Å²) in [6.45, 7) is 1.37. The zero-order valence-electron chi connectivity index (χ0n) is 14.5. The standard InChI is InChI=1S/C18H20N4O4/c1-25-4-5-26-16-6-13(12-2-3-12)8-21-10-15(20-17(16)21)11-22-9-14(7-19-22)18(23)24/h6-10,12H,2-5,11H2,1H3,(H,23,24). The van der Waals surface area contributed by atoms with Gasteiger partial charge in [0.15, 0.2) is 11.4 Å². The van der Waals surface area contributed by atoms with Gasteiger partial charge in [-0.15, -0.1) is 0 Å². The number of rotatable bonds is 8. The van der Waals surface area contributed by atoms with Gasteiger partial charge in [-0.2, -0.15) is 5.10 Å². The van der Waals surface area contributed by atoms with Gasteiger partial charge < -0.3 is 19.0 Å². The molecule has 0 aliphatic heterocycles. The molecule has 3 aromatic heterocycles. The molecule has 0 bridgehead atoms. The first-order valence-corrected chi connectivity index (χ1v) is 8.53. The quantitative estimate of drug-likeness (QED) is 0.622. The second kappa shape index (κ2) is 6.80. The first-order chi connectivity index (χ1) is 12.6. The average molecular weight is 356 g/mol. The summed E-state index contributed by atoms with van der Waals surface area (Å²) in [5, 5.41) is 13.1. The second-order valence-electron chi connectivity index (χ2n) is 6.45. The van der Waals surface area contributed by atoms with Crippen molar-refractivity contribution in [1.82, 2.24) is 19.2 Å². The van der Waals surface area contributed by atoms with Crippen molar-refractivity contribution in [3.05, 3.63) is 47.7 Å². The third-order valence-corrected chi connectivity index (χ3v) is 4.39. The third-order valence-electron chi connectivity index (χ3n) is 4.39. The number of fused-ring (bicyclic) bond motifs is 1. The van der Waals surface area contributed by atoms with Crippen LogP contribution in [0.3, 0.4) is 0 Å². The molecule has 8 nitrogen and oxygen atoms in total. The lowest BCUT2D eigenvalue weighted by Crippen LogP contribution is -2.06. The Morgan fingerprint density at radius 3 is 2.85 bits per heavy atom. The van der Waals surface area contributed by atoms with Gasteiger partial charge in [-0.05, 0) is 30.4 Å². The van der Waals surface area contributed by atoms with Crippen LogP contribution in [0.15, 0.2) is 30.9 Å². The molecule has 0 aromatic carbocycles. The van der Waals surface area contributed by atoms with E-state index in [2.05, 4.69) is 22.3 Å². The molecule has 0 spiro atoms. The zero-order valence-corrected chi connectivity index (χ0v) is 14.5. The van der Waals surface area contributed by atoms with E-state index in [1.165, 1.54) is 30.8 Å². The van der Waals surface area contributed by atoms with Crippen LogP contribution in [0.1, 0.15) is 40.4 Å². The van der Waals surface area contributed by atoms with Crippen LogP contribution in [0, 0.1) is 0 Å². The summed E-state index contributed by atoms with van der Waals surface area (Å²) in [7, 11) is 1.64. The van der Waals surface area contributed by atoms with Crippen LogP contribution in [0.25, 0.3) is 5.65 Å². The molecule has 1 fully saturated rings. The fourth-order valence-corrected chi connectivity index (χ4v) is 2.92. The van der Waals surface area contributed by atoms with Gasteiger partial charge in [0.1, 0.15) is 6.61 Å². The Hall–Kier alpha value is -2.87. The minimum atomic E-state index is -0.992. The molecule has 3 heterocycles. The second-order valence-corrected chi connectivity index (χ2v) is 6.45. The number of carbonyl (C=O) groups is 1. The Morgan fingerprint density at radius 1 is 1.31 bits per heavy atom. The van der Waals surface area contributed by atoms with Gasteiger partial charge in [0.2, 0.25) is 0 Å². The molecule has 1 aliphatic carbocycles. The van der Waals surface area contributed by atoms with Crippen molar-refractivity contribution in [1.29, 1.82) is 0 Å². The molecule has 0 atom stereocenters. The number of carboxylic acids is 1. The predicted octanol–water partition coefficient (Wildman–Crippen LogP) is 2.18. The van der Waals surface area contributed by atoms with E-state index in [-0.39, 0.29) is 5.56 Å². The zero-order chi connectivity index (χ0) is 18.1. The highest BCUT2D eigenvalue weighted by Gasteiger charge is 2.25. The predicted molar refractivity (Wildman–Crippen MR) is 92.8 cm³/mol. The monoisotopic (exact) mass is 356 g/mol. The third kappa shape index (κ3) is 3.41. The molecule has 3 aromatic rings. The normalized spacial score (nSPS) is 14.0. The minimum absolute atomic E-state index is 0.161. The Labute approximate surface area is 150 Å². The van der Waals surface area contributed by atoms with E-state index >= 15 is 0 Å². The number of hydrogen-bond acceptors (Lipinski definition) is 5. The van der Waals surface area contributed by atoms with Crippen molar-refractivity contribution in [2.45, 2.75) is 25.3 Å². The molecule has 8 heteroatoms. The summed E-state index contributed by atoms with van der Waals surface area (Å²) in [5.41, 5.74) is 2.94. The maximum atomic E-state index is 11.0. The first kappa shape index (κ1) is 16.6. The topological polar surface area (TPSA) is 90.9 Å². The van der Waals surface area contributed by atoms with Crippen LogP contribution < -0.4 is 4.74 Å². The number of pyridine rings is 1. The van der Waals surface area contributed by atoms with Crippen LogP contribution in [-0.4, -0.2) is 50.6 Å². The smallest absolute Gasteiger partial charge is 0.338 e. The van der Waals surface area contributed by atoms with Crippen molar-refractivity contribution >= 4 is 11.6 Å². The number of hydrogen-bond donors (Lipinski definition) is 1. The molecule has 0 radical (unpaired) electrons. The van der Waals surface area contributed by atoms with E-state index in [1.54, 1.807) is 11.8 Å². The van der Waals surface area contributed by atoms with E-state index in [4.69, 9.17) is 14.6 Å². The van der Waals surface area contributed by atoms with Gasteiger partial charge in [-0.1, -0.05) is 0 Å². The highest BCUT2D eigenvalue weighted by atomic mass is 16.5. The minimum Gasteiger partial charge on any atom is -0.487 e. The molecular formula is C18H20N4O4. The van der Waals surface area contributed by atoms with Crippen molar-refractivity contribution in [2.24, 2.45) is 0 Å². The van der Waals surface area contributed by atoms with Gasteiger partial charge in [-0.25, -0.2) is 9.78 Å². The van der Waals surface area contributed by atoms with Crippen molar-refractivity contribution in [3.8, 4) is 5.75 Å². The highest BCUT2D eigenvalue weighted by Crippen LogP contribution is 2.41. The fourth-order valence-electron chi connectivity index (χ4n) is 2.92. The maximum absolute atomic E-state index is 11.0. The summed E-state index contributed by atoms with van der Waals surface area (Å²) < 4.78 is 14.5. The van der Waals surface area contributed by atoms with Gasteiger partial charge >= 0.3 is 5.97 Å². The Kier molecular flexibility index (Phi) is 4.34. The number of imidazole rings is 1. The summed E-state index contributed by atoms with van der Waals surface area (Å²) >= 11 is 0. The number of carboxylic acid groups (broad SMARTS) is 1. The molecule has 0 unspecified atom stereocenters. The maximum Gasteiger partial charge on any atom is 0.338 e. The molecular weight excluding hydrogens is 336 g/mol. The van der Waals surface area contributed by atoms with Crippen molar-refractivity contribution in [3.63, 3.8) is 0 Å². The molecule has 26 heavy (non-hydrogen) atoms. The molecule has 0 saturated heterocycles. The average Bonchev–Trinajstić information content (AvgIpc) is 3.22.